The Bertz CT molecular complexity index is 392. The molecule has 0 aromatic heterocycles. The quantitative estimate of drug-likeness (QED) is 0.723. The molecule has 4 nitrogen and oxygen atoms in total. The van der Waals surface area contributed by atoms with Crippen LogP contribution >= 0.6 is 0 Å². The van der Waals surface area contributed by atoms with E-state index in [-0.39, 0.29) is 0 Å². The molecule has 15 heavy (non-hydrogen) atoms. The predicted octanol–water partition coefficient (Wildman–Crippen LogP) is 0.877. The molecule has 2 N–H and O–H groups in total. The highest BCUT2D eigenvalue weighted by molar-refractivity contribution is 5.77. The minimum atomic E-state index is -1.92. The summed E-state index contributed by atoms with van der Waals surface area (Å²) in [5.41, 5.74) is -0.570. The van der Waals surface area contributed by atoms with Crippen molar-refractivity contribution < 1.29 is 28.5 Å². The van der Waals surface area contributed by atoms with E-state index in [1.807, 2.05) is 0 Å². The number of hydrogen-bond acceptors (Lipinski definition) is 4. The Morgan fingerprint density at radius 1 is 1.47 bits per heavy atom. The number of phenolic OH excluding ortho intramolecular Hbond substituents is 1. The summed E-state index contributed by atoms with van der Waals surface area (Å²) in [5, 5.41) is 18.4. The predicted molar refractivity (Wildman–Crippen MR) is 45.0 cm³/mol. The maximum absolute atomic E-state index is 12.8. The van der Waals surface area contributed by atoms with Gasteiger partial charge in [-0.05, 0) is 6.07 Å². The molecule has 0 heterocycles. The third-order valence-electron chi connectivity index (χ3n) is 1.78. The second-order valence-corrected chi connectivity index (χ2v) is 2.75. The van der Waals surface area contributed by atoms with Crippen molar-refractivity contribution in [3.8, 4) is 5.75 Å². The van der Waals surface area contributed by atoms with Crippen molar-refractivity contribution in [2.75, 3.05) is 7.11 Å². The van der Waals surface area contributed by atoms with Gasteiger partial charge in [-0.1, -0.05) is 0 Å². The zero-order valence-electron chi connectivity index (χ0n) is 7.70. The van der Waals surface area contributed by atoms with Gasteiger partial charge in [0.2, 0.25) is 0 Å². The lowest BCUT2D eigenvalue weighted by Crippen LogP contribution is -2.14. The van der Waals surface area contributed by atoms with Gasteiger partial charge in [0, 0.05) is 11.6 Å². The highest BCUT2D eigenvalue weighted by Crippen LogP contribution is 2.28. The number of aliphatic hydroxyl groups excluding tert-OH is 1. The SMILES string of the molecule is COC(=O)C(O)c1cc(F)cc(F)c1O. The van der Waals surface area contributed by atoms with Crippen molar-refractivity contribution in [2.45, 2.75) is 6.10 Å². The minimum Gasteiger partial charge on any atom is -0.505 e. The molecule has 0 saturated carbocycles. The third kappa shape index (κ3) is 2.21. The average Bonchev–Trinajstić information content (AvgIpc) is 2.21. The maximum Gasteiger partial charge on any atom is 0.339 e. The fraction of sp³-hybridized carbons (Fsp3) is 0.222. The number of esters is 1. The summed E-state index contributed by atoms with van der Waals surface area (Å²) in [6, 6.07) is 1.09. The molecule has 0 amide bonds. The normalized spacial score (nSPS) is 12.3. The number of aromatic hydroxyl groups is 1. The van der Waals surface area contributed by atoms with Crippen molar-refractivity contribution in [1.82, 2.24) is 0 Å². The molecule has 1 rings (SSSR count). The molecule has 0 radical (unpaired) electrons. The molecule has 0 aliphatic carbocycles. The number of phenols is 1. The molecular formula is C9H8F2O4. The largest absolute Gasteiger partial charge is 0.505 e. The monoisotopic (exact) mass is 218 g/mol. The van der Waals surface area contributed by atoms with Crippen LogP contribution in [0.25, 0.3) is 0 Å². The van der Waals surface area contributed by atoms with Gasteiger partial charge in [-0.3, -0.25) is 0 Å². The lowest BCUT2D eigenvalue weighted by atomic mass is 10.1. The standard InChI is InChI=1S/C9H8F2O4/c1-15-9(14)8(13)5-2-4(10)3-6(11)7(5)12/h2-3,8,12-13H,1H3. The van der Waals surface area contributed by atoms with E-state index in [4.69, 9.17) is 5.11 Å². The average molecular weight is 218 g/mol. The van der Waals surface area contributed by atoms with E-state index < -0.39 is 35.0 Å². The van der Waals surface area contributed by atoms with Gasteiger partial charge in [-0.25, -0.2) is 13.6 Å². The number of halogens is 2. The molecule has 6 heteroatoms. The van der Waals surface area contributed by atoms with Gasteiger partial charge >= 0.3 is 5.97 Å². The lowest BCUT2D eigenvalue weighted by molar-refractivity contribution is -0.150. The summed E-state index contributed by atoms with van der Waals surface area (Å²) in [6.07, 6.45) is -1.92. The van der Waals surface area contributed by atoms with Crippen molar-refractivity contribution >= 4 is 5.97 Å². The molecule has 0 bridgehead atoms. The second-order valence-electron chi connectivity index (χ2n) is 2.75. The van der Waals surface area contributed by atoms with Crippen LogP contribution in [0, 0.1) is 11.6 Å². The van der Waals surface area contributed by atoms with E-state index in [1.165, 1.54) is 0 Å². The molecule has 1 aromatic carbocycles. The fourth-order valence-corrected chi connectivity index (χ4v) is 1.03. The number of carbonyl (C=O) groups excluding carboxylic acids is 1. The van der Waals surface area contributed by atoms with Gasteiger partial charge < -0.3 is 14.9 Å². The summed E-state index contributed by atoms with van der Waals surface area (Å²) >= 11 is 0. The zero-order chi connectivity index (χ0) is 11.6. The number of aliphatic hydroxyl groups is 1. The van der Waals surface area contributed by atoms with Crippen molar-refractivity contribution in [2.24, 2.45) is 0 Å². The Hall–Kier alpha value is -1.69. The van der Waals surface area contributed by atoms with Gasteiger partial charge in [-0.15, -0.1) is 0 Å². The van der Waals surface area contributed by atoms with Gasteiger partial charge in [0.25, 0.3) is 0 Å². The van der Waals surface area contributed by atoms with Crippen molar-refractivity contribution in [3.05, 3.63) is 29.3 Å². The first-order chi connectivity index (χ1) is 6.97. The van der Waals surface area contributed by atoms with Crippen molar-refractivity contribution in [1.29, 1.82) is 0 Å². The first-order valence-electron chi connectivity index (χ1n) is 3.91. The van der Waals surface area contributed by atoms with Crippen LogP contribution in [0.2, 0.25) is 0 Å². The van der Waals surface area contributed by atoms with E-state index in [2.05, 4.69) is 4.74 Å². The first kappa shape index (κ1) is 11.4. The molecule has 0 saturated heterocycles. The van der Waals surface area contributed by atoms with E-state index >= 15 is 0 Å². The van der Waals surface area contributed by atoms with Crippen LogP contribution in [0.1, 0.15) is 11.7 Å². The Morgan fingerprint density at radius 3 is 2.60 bits per heavy atom. The number of benzene rings is 1. The smallest absolute Gasteiger partial charge is 0.339 e. The Morgan fingerprint density at radius 2 is 2.07 bits per heavy atom. The van der Waals surface area contributed by atoms with Crippen LogP contribution < -0.4 is 0 Å². The highest BCUT2D eigenvalue weighted by atomic mass is 19.1. The summed E-state index contributed by atoms with van der Waals surface area (Å²) < 4.78 is 29.7. The second kappa shape index (κ2) is 4.22. The molecule has 0 spiro atoms. The summed E-state index contributed by atoms with van der Waals surface area (Å²) in [6.45, 7) is 0. The molecule has 82 valence electrons. The van der Waals surface area contributed by atoms with E-state index in [0.29, 0.717) is 12.1 Å². The highest BCUT2D eigenvalue weighted by Gasteiger charge is 2.24. The van der Waals surface area contributed by atoms with Gasteiger partial charge in [0.05, 0.1) is 7.11 Å². The Balaban J connectivity index is 3.19. The molecule has 0 aliphatic rings. The molecule has 1 unspecified atom stereocenters. The third-order valence-corrected chi connectivity index (χ3v) is 1.78. The lowest BCUT2D eigenvalue weighted by Gasteiger charge is -2.10. The number of rotatable bonds is 2. The molecular weight excluding hydrogens is 210 g/mol. The van der Waals surface area contributed by atoms with Crippen LogP contribution in [0.15, 0.2) is 12.1 Å². The van der Waals surface area contributed by atoms with Gasteiger partial charge in [0.15, 0.2) is 17.7 Å². The van der Waals surface area contributed by atoms with E-state index in [1.54, 1.807) is 0 Å². The molecule has 1 aromatic rings. The number of methoxy groups -OCH3 is 1. The summed E-state index contributed by atoms with van der Waals surface area (Å²) in [5.74, 6) is -4.36. The molecule has 0 aliphatic heterocycles. The van der Waals surface area contributed by atoms with Crippen LogP contribution in [-0.4, -0.2) is 23.3 Å². The summed E-state index contributed by atoms with van der Waals surface area (Å²) in [7, 11) is 0.998. The van der Waals surface area contributed by atoms with Crippen LogP contribution in [0.5, 0.6) is 5.75 Å². The number of ether oxygens (including phenoxy) is 1. The molecule has 0 fully saturated rings. The zero-order valence-corrected chi connectivity index (χ0v) is 7.70. The van der Waals surface area contributed by atoms with Crippen LogP contribution in [0.4, 0.5) is 8.78 Å². The van der Waals surface area contributed by atoms with Crippen LogP contribution in [0.3, 0.4) is 0 Å². The fourth-order valence-electron chi connectivity index (χ4n) is 1.03. The number of hydrogen-bond donors (Lipinski definition) is 2. The maximum atomic E-state index is 12.8. The first-order valence-corrected chi connectivity index (χ1v) is 3.91. The summed E-state index contributed by atoms with van der Waals surface area (Å²) in [4.78, 5) is 10.9. The minimum absolute atomic E-state index is 0.433. The van der Waals surface area contributed by atoms with E-state index in [0.717, 1.165) is 7.11 Å². The van der Waals surface area contributed by atoms with Gasteiger partial charge in [0.1, 0.15) is 5.82 Å². The molecule has 1 atom stereocenters. The van der Waals surface area contributed by atoms with Crippen molar-refractivity contribution in [3.63, 3.8) is 0 Å². The Kier molecular flexibility index (Phi) is 3.21. The topological polar surface area (TPSA) is 66.8 Å². The van der Waals surface area contributed by atoms with E-state index in [9.17, 15) is 18.7 Å². The van der Waals surface area contributed by atoms with Gasteiger partial charge in [-0.2, -0.15) is 0 Å². The Labute approximate surface area is 83.7 Å². The van der Waals surface area contributed by atoms with Crippen LogP contribution in [-0.2, 0) is 9.53 Å². The number of carbonyl (C=O) groups is 1.